The summed E-state index contributed by atoms with van der Waals surface area (Å²) in [4.78, 5) is 27.8. The fourth-order valence-corrected chi connectivity index (χ4v) is 8.15. The Bertz CT molecular complexity index is 905. The van der Waals surface area contributed by atoms with Crippen LogP contribution in [-0.2, 0) is 24.7 Å². The molecule has 1 N–H and O–H groups in total. The number of aliphatic hydroxyl groups is 1. The van der Waals surface area contributed by atoms with E-state index in [1.165, 1.54) is 13.8 Å². The predicted molar refractivity (Wildman–Crippen MR) is 128 cm³/mol. The van der Waals surface area contributed by atoms with Gasteiger partial charge in [-0.25, -0.2) is 0 Å². The second-order valence-electron chi connectivity index (χ2n) is 11.7. The summed E-state index contributed by atoms with van der Waals surface area (Å²) in [7, 11) is 0. The molecule has 3 saturated carbocycles. The van der Waals surface area contributed by atoms with E-state index in [1.807, 2.05) is 18.2 Å². The number of ether oxygens (including phenoxy) is 2. The normalized spacial score (nSPS) is 42.0. The molecular weight excluding hydrogens is 430 g/mol. The van der Waals surface area contributed by atoms with E-state index in [2.05, 4.69) is 25.8 Å². The average Bonchev–Trinajstić information content (AvgIpc) is 3.07. The zero-order valence-corrected chi connectivity index (χ0v) is 21.4. The number of carbonyl (C=O) groups is 2. The van der Waals surface area contributed by atoms with Crippen molar-refractivity contribution in [3.63, 3.8) is 0 Å². The van der Waals surface area contributed by atoms with Crippen LogP contribution in [0, 0.1) is 34.5 Å². The first-order valence-corrected chi connectivity index (χ1v) is 13.0. The number of esters is 2. The Hall–Kier alpha value is -1.95. The first kappa shape index (κ1) is 25.2. The van der Waals surface area contributed by atoms with Crippen LogP contribution in [0.5, 0.6) is 0 Å². The van der Waals surface area contributed by atoms with E-state index < -0.39 is 5.60 Å². The van der Waals surface area contributed by atoms with Crippen LogP contribution in [0.15, 0.2) is 24.4 Å². The molecule has 0 aliphatic heterocycles. The summed E-state index contributed by atoms with van der Waals surface area (Å²) in [6, 6.07) is 5.84. The van der Waals surface area contributed by atoms with E-state index in [0.29, 0.717) is 24.4 Å². The molecule has 0 radical (unpaired) electrons. The van der Waals surface area contributed by atoms with Gasteiger partial charge < -0.3 is 14.6 Å². The van der Waals surface area contributed by atoms with Crippen molar-refractivity contribution in [1.82, 2.24) is 4.98 Å². The molecule has 1 aromatic rings. The number of rotatable bonds is 5. The average molecular weight is 472 g/mol. The third-order valence-electron chi connectivity index (χ3n) is 10.1. The van der Waals surface area contributed by atoms with Crippen LogP contribution in [0.25, 0.3) is 0 Å². The van der Waals surface area contributed by atoms with Crippen molar-refractivity contribution in [1.29, 1.82) is 0 Å². The summed E-state index contributed by atoms with van der Waals surface area (Å²) < 4.78 is 11.1. The molecule has 0 unspecified atom stereocenters. The van der Waals surface area contributed by atoms with Gasteiger partial charge in [-0.2, -0.15) is 0 Å². The first-order valence-electron chi connectivity index (χ1n) is 13.0. The highest BCUT2D eigenvalue weighted by Gasteiger charge is 2.63. The van der Waals surface area contributed by atoms with Crippen LogP contribution in [0.2, 0.25) is 0 Å². The van der Waals surface area contributed by atoms with Gasteiger partial charge in [0.15, 0.2) is 0 Å². The third kappa shape index (κ3) is 4.16. The molecule has 0 bridgehead atoms. The zero-order valence-electron chi connectivity index (χ0n) is 21.4. The summed E-state index contributed by atoms with van der Waals surface area (Å²) in [5.41, 5.74) is -0.332. The second-order valence-corrected chi connectivity index (χ2v) is 11.7. The molecule has 34 heavy (non-hydrogen) atoms. The number of hydrogen-bond acceptors (Lipinski definition) is 6. The highest BCUT2D eigenvalue weighted by Crippen LogP contribution is 2.67. The van der Waals surface area contributed by atoms with Gasteiger partial charge in [-0.1, -0.05) is 26.8 Å². The first-order chi connectivity index (χ1) is 16.0. The standard InChI is InChI=1S/C28H41NO5/c1-18-23(26(4)12-9-22(34-20(3)31)16-21(26)17-33-19(2)30)10-13-27(5)24(18)11-14-28(27,32)25-8-6-7-15-29-25/h6-8,15,18,21-24,32H,9-14,16-17H2,1-5H3/t18-,21-,22+,23+,24+,26+,27+,28-/m1/s1. The molecule has 6 heteroatoms. The van der Waals surface area contributed by atoms with Gasteiger partial charge in [-0.3, -0.25) is 14.6 Å². The number of pyridine rings is 1. The maximum Gasteiger partial charge on any atom is 0.302 e. The van der Waals surface area contributed by atoms with Crippen LogP contribution in [0.3, 0.4) is 0 Å². The number of carbonyl (C=O) groups excluding carboxylic acids is 2. The van der Waals surface area contributed by atoms with Crippen molar-refractivity contribution in [2.75, 3.05) is 6.61 Å². The van der Waals surface area contributed by atoms with Gasteiger partial charge in [0.2, 0.25) is 0 Å². The van der Waals surface area contributed by atoms with E-state index in [-0.39, 0.29) is 34.8 Å². The van der Waals surface area contributed by atoms with Crippen molar-refractivity contribution in [2.45, 2.75) is 91.3 Å². The van der Waals surface area contributed by atoms with Gasteiger partial charge in [0.1, 0.15) is 11.7 Å². The lowest BCUT2D eigenvalue weighted by molar-refractivity contribution is -0.166. The molecule has 3 aliphatic rings. The lowest BCUT2D eigenvalue weighted by atomic mass is 9.48. The highest BCUT2D eigenvalue weighted by molar-refractivity contribution is 5.66. The Morgan fingerprint density at radius 1 is 1.06 bits per heavy atom. The minimum Gasteiger partial charge on any atom is -0.466 e. The van der Waals surface area contributed by atoms with Crippen LogP contribution in [0.1, 0.15) is 85.3 Å². The van der Waals surface area contributed by atoms with Crippen molar-refractivity contribution in [2.24, 2.45) is 34.5 Å². The topological polar surface area (TPSA) is 85.7 Å². The highest BCUT2D eigenvalue weighted by atomic mass is 16.5. The SMILES string of the molecule is CC(=O)OC[C@H]1C[C@@H](OC(C)=O)CC[C@]1(C)[C@H]1CC[C@@]2(C)[C@@H](CC[C@@]2(O)c2ccccn2)[C@@H]1C. The minimum absolute atomic E-state index is 0.0153. The predicted octanol–water partition coefficient (Wildman–Crippen LogP) is 5.03. The Labute approximate surface area is 203 Å². The molecular formula is C28H41NO5. The fourth-order valence-electron chi connectivity index (χ4n) is 8.15. The van der Waals surface area contributed by atoms with Crippen molar-refractivity contribution in [3.05, 3.63) is 30.1 Å². The van der Waals surface area contributed by atoms with Crippen molar-refractivity contribution < 1.29 is 24.2 Å². The van der Waals surface area contributed by atoms with E-state index in [9.17, 15) is 14.7 Å². The number of nitrogens with zero attached hydrogens (tertiary/aromatic N) is 1. The Morgan fingerprint density at radius 2 is 1.79 bits per heavy atom. The maximum atomic E-state index is 11.9. The van der Waals surface area contributed by atoms with Gasteiger partial charge in [-0.15, -0.1) is 0 Å². The van der Waals surface area contributed by atoms with Gasteiger partial charge >= 0.3 is 11.9 Å². The quantitative estimate of drug-likeness (QED) is 0.606. The van der Waals surface area contributed by atoms with Gasteiger partial charge in [0.05, 0.1) is 12.3 Å². The minimum atomic E-state index is -0.900. The summed E-state index contributed by atoms with van der Waals surface area (Å²) in [6.45, 7) is 10.3. The Balaban J connectivity index is 1.58. The molecule has 0 aromatic carbocycles. The molecule has 0 saturated heterocycles. The van der Waals surface area contributed by atoms with Crippen LogP contribution < -0.4 is 0 Å². The molecule has 1 heterocycles. The smallest absolute Gasteiger partial charge is 0.302 e. The van der Waals surface area contributed by atoms with Gasteiger partial charge in [0.25, 0.3) is 0 Å². The fraction of sp³-hybridized carbons (Fsp3) is 0.750. The van der Waals surface area contributed by atoms with Crippen LogP contribution in [0.4, 0.5) is 0 Å². The van der Waals surface area contributed by atoms with E-state index in [0.717, 1.165) is 50.6 Å². The summed E-state index contributed by atoms with van der Waals surface area (Å²) in [6.07, 6.45) is 7.88. The summed E-state index contributed by atoms with van der Waals surface area (Å²) in [5.74, 6) is 0.902. The molecule has 0 spiro atoms. The molecule has 3 aliphatic carbocycles. The summed E-state index contributed by atoms with van der Waals surface area (Å²) in [5, 5.41) is 11.9. The largest absolute Gasteiger partial charge is 0.466 e. The second kappa shape index (κ2) is 9.25. The van der Waals surface area contributed by atoms with E-state index >= 15 is 0 Å². The van der Waals surface area contributed by atoms with Crippen LogP contribution in [-0.4, -0.2) is 34.7 Å². The monoisotopic (exact) mass is 471 g/mol. The molecule has 0 amide bonds. The molecule has 188 valence electrons. The molecule has 8 atom stereocenters. The Kier molecular flexibility index (Phi) is 6.84. The molecule has 3 fully saturated rings. The molecule has 4 rings (SSSR count). The maximum absolute atomic E-state index is 11.9. The van der Waals surface area contributed by atoms with Gasteiger partial charge in [0, 0.05) is 31.4 Å². The zero-order chi connectivity index (χ0) is 24.7. The molecule has 1 aromatic heterocycles. The lowest BCUT2D eigenvalue weighted by Crippen LogP contribution is -2.54. The summed E-state index contributed by atoms with van der Waals surface area (Å²) >= 11 is 0. The van der Waals surface area contributed by atoms with Crippen molar-refractivity contribution >= 4 is 11.9 Å². The lowest BCUT2D eigenvalue weighted by Gasteiger charge is -2.57. The number of aromatic nitrogens is 1. The van der Waals surface area contributed by atoms with Crippen LogP contribution >= 0.6 is 0 Å². The third-order valence-corrected chi connectivity index (χ3v) is 10.1. The van der Waals surface area contributed by atoms with Gasteiger partial charge in [-0.05, 0) is 80.2 Å². The number of hydrogen-bond donors (Lipinski definition) is 1. The number of fused-ring (bicyclic) bond motifs is 1. The van der Waals surface area contributed by atoms with Crippen molar-refractivity contribution in [3.8, 4) is 0 Å². The Morgan fingerprint density at radius 3 is 2.44 bits per heavy atom. The van der Waals surface area contributed by atoms with E-state index in [1.54, 1.807) is 6.20 Å². The molecule has 6 nitrogen and oxygen atoms in total. The van der Waals surface area contributed by atoms with E-state index in [4.69, 9.17) is 9.47 Å².